The number of fused-ring (bicyclic) bond motifs is 1. The van der Waals surface area contributed by atoms with Crippen LogP contribution in [0.2, 0.25) is 0 Å². The average molecular weight is 286 g/mol. The summed E-state index contributed by atoms with van der Waals surface area (Å²) >= 11 is 0. The molecule has 1 heterocycles. The first-order valence-corrected chi connectivity index (χ1v) is 8.04. The van der Waals surface area contributed by atoms with Gasteiger partial charge in [-0.2, -0.15) is 0 Å². The lowest BCUT2D eigenvalue weighted by atomic mass is 10.1. The van der Waals surface area contributed by atoms with Crippen LogP contribution in [-0.2, 0) is 6.54 Å². The maximum atomic E-state index is 10.3. The quantitative estimate of drug-likeness (QED) is 0.784. The molecule has 0 bridgehead atoms. The Morgan fingerprint density at radius 1 is 1.05 bits per heavy atom. The first-order valence-electron chi connectivity index (χ1n) is 8.04. The van der Waals surface area contributed by atoms with E-state index in [1.165, 1.54) is 25.7 Å². The van der Waals surface area contributed by atoms with Crippen molar-refractivity contribution in [1.29, 1.82) is 0 Å². The second kappa shape index (κ2) is 7.99. The summed E-state index contributed by atoms with van der Waals surface area (Å²) < 4.78 is 0. The predicted molar refractivity (Wildman–Crippen MR) is 88.5 cm³/mol. The Labute approximate surface area is 127 Å². The fourth-order valence-electron chi connectivity index (χ4n) is 2.63. The van der Waals surface area contributed by atoms with Crippen LogP contribution in [0.1, 0.15) is 45.1 Å². The van der Waals surface area contributed by atoms with Crippen molar-refractivity contribution in [1.82, 2.24) is 9.88 Å². The molecule has 2 rings (SSSR count). The smallest absolute Gasteiger partial charge is 0.120 e. The van der Waals surface area contributed by atoms with Crippen LogP contribution in [0.4, 0.5) is 0 Å². The molecule has 0 unspecified atom stereocenters. The van der Waals surface area contributed by atoms with Gasteiger partial charge in [0.1, 0.15) is 5.75 Å². The molecule has 0 radical (unpaired) electrons. The number of hydrogen-bond acceptors (Lipinski definition) is 3. The fourth-order valence-corrected chi connectivity index (χ4v) is 2.63. The maximum absolute atomic E-state index is 10.3. The van der Waals surface area contributed by atoms with Crippen LogP contribution >= 0.6 is 0 Å². The van der Waals surface area contributed by atoms with Gasteiger partial charge in [0.05, 0.1) is 5.52 Å². The van der Waals surface area contributed by atoms with E-state index in [2.05, 4.69) is 29.8 Å². The summed E-state index contributed by atoms with van der Waals surface area (Å²) in [5, 5.41) is 11.3. The largest absolute Gasteiger partial charge is 0.508 e. The van der Waals surface area contributed by atoms with Gasteiger partial charge in [0.25, 0.3) is 0 Å². The van der Waals surface area contributed by atoms with Crippen molar-refractivity contribution in [2.45, 2.75) is 46.1 Å². The normalized spacial score (nSPS) is 11.4. The number of aromatic nitrogens is 1. The number of phenols is 1. The summed E-state index contributed by atoms with van der Waals surface area (Å²) in [5.41, 5.74) is 1.96. The van der Waals surface area contributed by atoms with Crippen LogP contribution in [0.25, 0.3) is 10.9 Å². The molecule has 0 spiro atoms. The van der Waals surface area contributed by atoms with E-state index in [0.29, 0.717) is 5.75 Å². The number of phenolic OH excluding ortho intramolecular Hbond substituents is 1. The van der Waals surface area contributed by atoms with Crippen molar-refractivity contribution in [3.63, 3.8) is 0 Å². The topological polar surface area (TPSA) is 36.4 Å². The van der Waals surface area contributed by atoms with Crippen molar-refractivity contribution < 1.29 is 5.11 Å². The van der Waals surface area contributed by atoms with E-state index in [1.807, 2.05) is 12.1 Å². The molecule has 21 heavy (non-hydrogen) atoms. The molecule has 0 aliphatic carbocycles. The van der Waals surface area contributed by atoms with E-state index in [-0.39, 0.29) is 0 Å². The van der Waals surface area contributed by atoms with E-state index in [9.17, 15) is 5.11 Å². The minimum absolute atomic E-state index is 0.383. The number of rotatable bonds is 8. The minimum Gasteiger partial charge on any atom is -0.508 e. The van der Waals surface area contributed by atoms with Gasteiger partial charge in [0, 0.05) is 23.7 Å². The van der Waals surface area contributed by atoms with Gasteiger partial charge >= 0.3 is 0 Å². The minimum atomic E-state index is 0.383. The van der Waals surface area contributed by atoms with Crippen molar-refractivity contribution >= 4 is 10.9 Å². The molecule has 0 atom stereocenters. The van der Waals surface area contributed by atoms with Crippen molar-refractivity contribution in [2.24, 2.45) is 0 Å². The lowest BCUT2D eigenvalue weighted by molar-refractivity contribution is 0.255. The molecule has 0 fully saturated rings. The Morgan fingerprint density at radius 3 is 2.43 bits per heavy atom. The summed E-state index contributed by atoms with van der Waals surface area (Å²) in [6.07, 6.45) is 6.60. The third kappa shape index (κ3) is 4.18. The highest BCUT2D eigenvalue weighted by molar-refractivity contribution is 5.84. The van der Waals surface area contributed by atoms with Gasteiger partial charge in [0.2, 0.25) is 0 Å². The zero-order valence-corrected chi connectivity index (χ0v) is 13.2. The molecule has 0 aliphatic rings. The lowest BCUT2D eigenvalue weighted by Crippen LogP contribution is -2.25. The SMILES string of the molecule is CCCCN(CCCC)Cc1c(O)ccc2ncccc12. The van der Waals surface area contributed by atoms with E-state index in [0.717, 1.165) is 36.1 Å². The first-order chi connectivity index (χ1) is 10.3. The number of hydrogen-bond donors (Lipinski definition) is 1. The van der Waals surface area contributed by atoms with Crippen LogP contribution < -0.4 is 0 Å². The van der Waals surface area contributed by atoms with Gasteiger partial charge in [-0.1, -0.05) is 32.8 Å². The van der Waals surface area contributed by atoms with Gasteiger partial charge in [-0.25, -0.2) is 0 Å². The van der Waals surface area contributed by atoms with E-state index in [1.54, 1.807) is 12.3 Å². The second-order valence-electron chi connectivity index (χ2n) is 5.62. The Kier molecular flexibility index (Phi) is 6.00. The van der Waals surface area contributed by atoms with Crippen LogP contribution in [0, 0.1) is 0 Å². The molecule has 1 N–H and O–H groups in total. The molecule has 0 saturated heterocycles. The average Bonchev–Trinajstić information content (AvgIpc) is 2.52. The summed E-state index contributed by atoms with van der Waals surface area (Å²) in [7, 11) is 0. The van der Waals surface area contributed by atoms with Crippen LogP contribution in [0.15, 0.2) is 30.5 Å². The lowest BCUT2D eigenvalue weighted by Gasteiger charge is -2.23. The standard InChI is InChI=1S/C18H26N2O/c1-3-5-12-20(13-6-4-2)14-16-15-8-7-11-19-17(15)9-10-18(16)21/h7-11,21H,3-6,12-14H2,1-2H3. The Hall–Kier alpha value is -1.61. The van der Waals surface area contributed by atoms with Crippen LogP contribution in [0.5, 0.6) is 5.75 Å². The maximum Gasteiger partial charge on any atom is 0.120 e. The molecule has 0 aliphatic heterocycles. The predicted octanol–water partition coefficient (Wildman–Crippen LogP) is 4.34. The summed E-state index contributed by atoms with van der Waals surface area (Å²) in [5.74, 6) is 0.383. The molecule has 2 aromatic rings. The van der Waals surface area contributed by atoms with E-state index >= 15 is 0 Å². The highest BCUT2D eigenvalue weighted by Crippen LogP contribution is 2.27. The number of unbranched alkanes of at least 4 members (excludes halogenated alkanes) is 2. The van der Waals surface area contributed by atoms with Crippen molar-refractivity contribution in [3.8, 4) is 5.75 Å². The van der Waals surface area contributed by atoms with E-state index in [4.69, 9.17) is 0 Å². The van der Waals surface area contributed by atoms with Crippen LogP contribution in [-0.4, -0.2) is 28.1 Å². The van der Waals surface area contributed by atoms with E-state index < -0.39 is 0 Å². The van der Waals surface area contributed by atoms with Gasteiger partial charge in [-0.15, -0.1) is 0 Å². The monoisotopic (exact) mass is 286 g/mol. The number of nitrogens with zero attached hydrogens (tertiary/aromatic N) is 2. The molecule has 0 saturated carbocycles. The van der Waals surface area contributed by atoms with Gasteiger partial charge in [0.15, 0.2) is 0 Å². The first kappa shape index (κ1) is 15.8. The summed E-state index contributed by atoms with van der Waals surface area (Å²) in [6, 6.07) is 7.64. The molecule has 1 aromatic heterocycles. The zero-order valence-electron chi connectivity index (χ0n) is 13.2. The number of pyridine rings is 1. The highest BCUT2D eigenvalue weighted by Gasteiger charge is 2.12. The molecular formula is C18H26N2O. The molecule has 3 nitrogen and oxygen atoms in total. The zero-order chi connectivity index (χ0) is 15.1. The Bertz CT molecular complexity index is 560. The van der Waals surface area contributed by atoms with Crippen molar-refractivity contribution in [3.05, 3.63) is 36.0 Å². The molecule has 114 valence electrons. The molecular weight excluding hydrogens is 260 g/mol. The molecule has 0 amide bonds. The Balaban J connectivity index is 2.24. The van der Waals surface area contributed by atoms with Crippen LogP contribution in [0.3, 0.4) is 0 Å². The number of benzene rings is 1. The third-order valence-corrected chi connectivity index (χ3v) is 3.91. The summed E-state index contributed by atoms with van der Waals surface area (Å²) in [6.45, 7) is 7.42. The number of aromatic hydroxyl groups is 1. The van der Waals surface area contributed by atoms with Gasteiger partial charge in [-0.05, 0) is 44.1 Å². The Morgan fingerprint density at radius 2 is 1.76 bits per heavy atom. The van der Waals surface area contributed by atoms with Gasteiger partial charge in [-0.3, -0.25) is 9.88 Å². The fraction of sp³-hybridized carbons (Fsp3) is 0.500. The highest BCUT2D eigenvalue weighted by atomic mass is 16.3. The molecule has 1 aromatic carbocycles. The second-order valence-corrected chi connectivity index (χ2v) is 5.62. The third-order valence-electron chi connectivity index (χ3n) is 3.91. The summed E-state index contributed by atoms with van der Waals surface area (Å²) in [4.78, 5) is 6.84. The van der Waals surface area contributed by atoms with Crippen molar-refractivity contribution in [2.75, 3.05) is 13.1 Å². The molecule has 3 heteroatoms. The van der Waals surface area contributed by atoms with Gasteiger partial charge < -0.3 is 5.11 Å².